The third-order valence-corrected chi connectivity index (χ3v) is 5.79. The summed E-state index contributed by atoms with van der Waals surface area (Å²) < 4.78 is 0. The van der Waals surface area contributed by atoms with Gasteiger partial charge in [-0.05, 0) is 25.7 Å². The summed E-state index contributed by atoms with van der Waals surface area (Å²) in [5, 5.41) is 3.36. The number of piperazine rings is 1. The summed E-state index contributed by atoms with van der Waals surface area (Å²) >= 11 is 0. The largest absolute Gasteiger partial charge is 0.370 e. The van der Waals surface area contributed by atoms with Crippen LogP contribution >= 0.6 is 0 Å². The molecule has 0 bridgehead atoms. The molecule has 6 heteroatoms. The van der Waals surface area contributed by atoms with E-state index in [1.165, 1.54) is 38.5 Å². The number of hydrogen-bond donors (Lipinski definition) is 2. The Morgan fingerprint density at radius 2 is 1.71 bits per heavy atom. The molecular formula is C18H33N5O. The van der Waals surface area contributed by atoms with Crippen LogP contribution in [0, 0.1) is 5.92 Å². The number of nitrogens with zero attached hydrogens (tertiary/aromatic N) is 3. The number of nitrogens with one attached hydrogen (secondary N) is 1. The van der Waals surface area contributed by atoms with Crippen molar-refractivity contribution < 1.29 is 4.79 Å². The van der Waals surface area contributed by atoms with Gasteiger partial charge < -0.3 is 16.0 Å². The van der Waals surface area contributed by atoms with E-state index in [9.17, 15) is 4.79 Å². The molecular weight excluding hydrogens is 302 g/mol. The zero-order chi connectivity index (χ0) is 16.8. The van der Waals surface area contributed by atoms with Crippen molar-refractivity contribution in [3.63, 3.8) is 0 Å². The fraction of sp³-hybridized carbons (Fsp3) is 0.889. The highest BCUT2D eigenvalue weighted by molar-refractivity contribution is 5.79. The summed E-state index contributed by atoms with van der Waals surface area (Å²) in [6, 6.07) is 0.517. The maximum Gasteiger partial charge on any atom is 0.225 e. The van der Waals surface area contributed by atoms with Gasteiger partial charge in [-0.1, -0.05) is 25.7 Å². The van der Waals surface area contributed by atoms with Crippen molar-refractivity contribution >= 4 is 11.9 Å². The molecule has 0 unspecified atom stereocenters. The van der Waals surface area contributed by atoms with Crippen molar-refractivity contribution in [2.75, 3.05) is 39.3 Å². The molecule has 1 aliphatic heterocycles. The quantitative estimate of drug-likeness (QED) is 0.584. The Morgan fingerprint density at radius 1 is 1.00 bits per heavy atom. The van der Waals surface area contributed by atoms with Crippen LogP contribution in [0.25, 0.3) is 0 Å². The van der Waals surface area contributed by atoms with E-state index in [-0.39, 0.29) is 0 Å². The summed E-state index contributed by atoms with van der Waals surface area (Å²) in [5.41, 5.74) is 6.00. The van der Waals surface area contributed by atoms with E-state index in [0.29, 0.717) is 23.8 Å². The Balaban J connectivity index is 1.31. The van der Waals surface area contributed by atoms with Gasteiger partial charge in [0.05, 0.1) is 6.54 Å². The van der Waals surface area contributed by atoms with E-state index >= 15 is 0 Å². The molecule has 136 valence electrons. The molecule has 1 saturated heterocycles. The molecule has 1 amide bonds. The first kappa shape index (κ1) is 17.5. The molecule has 2 saturated carbocycles. The van der Waals surface area contributed by atoms with Crippen molar-refractivity contribution in [1.82, 2.24) is 15.1 Å². The molecule has 3 fully saturated rings. The second kappa shape index (κ2) is 8.70. The van der Waals surface area contributed by atoms with Crippen LogP contribution in [0.1, 0.15) is 51.4 Å². The minimum atomic E-state index is 0.326. The van der Waals surface area contributed by atoms with E-state index in [1.54, 1.807) is 0 Å². The lowest BCUT2D eigenvalue weighted by molar-refractivity contribution is -0.139. The second-order valence-corrected chi connectivity index (χ2v) is 7.54. The van der Waals surface area contributed by atoms with Crippen LogP contribution in [0.15, 0.2) is 4.99 Å². The fourth-order valence-corrected chi connectivity index (χ4v) is 3.92. The molecule has 1 heterocycles. The van der Waals surface area contributed by atoms with Gasteiger partial charge in [0.2, 0.25) is 5.91 Å². The number of carbonyl (C=O) groups is 1. The number of aliphatic imine (C=N–C) groups is 1. The van der Waals surface area contributed by atoms with E-state index in [4.69, 9.17) is 5.73 Å². The summed E-state index contributed by atoms with van der Waals surface area (Å²) in [6.45, 7) is 5.33. The highest BCUT2D eigenvalue weighted by Crippen LogP contribution is 2.28. The molecule has 24 heavy (non-hydrogen) atoms. The summed E-state index contributed by atoms with van der Waals surface area (Å²) in [7, 11) is 0. The van der Waals surface area contributed by atoms with E-state index in [0.717, 1.165) is 52.1 Å². The maximum atomic E-state index is 12.2. The lowest BCUT2D eigenvalue weighted by atomic mass is 9.84. The number of guanidine groups is 1. The van der Waals surface area contributed by atoms with Crippen LogP contribution in [0.3, 0.4) is 0 Å². The van der Waals surface area contributed by atoms with Gasteiger partial charge in [-0.25, -0.2) is 0 Å². The van der Waals surface area contributed by atoms with Crippen molar-refractivity contribution in [2.45, 2.75) is 57.4 Å². The molecule has 0 aromatic carbocycles. The predicted molar refractivity (Wildman–Crippen MR) is 96.9 cm³/mol. The van der Waals surface area contributed by atoms with Gasteiger partial charge in [-0.3, -0.25) is 14.7 Å². The molecule has 0 aromatic heterocycles. The van der Waals surface area contributed by atoms with Crippen LogP contribution in [0.5, 0.6) is 0 Å². The molecule has 2 aliphatic carbocycles. The zero-order valence-electron chi connectivity index (χ0n) is 14.9. The van der Waals surface area contributed by atoms with Crippen molar-refractivity contribution in [3.8, 4) is 0 Å². The Bertz CT molecular complexity index is 435. The van der Waals surface area contributed by atoms with Crippen LogP contribution in [-0.4, -0.2) is 67.0 Å². The minimum absolute atomic E-state index is 0.326. The standard InChI is InChI=1S/C18H33N5O/c19-18(21-16-7-2-1-3-8-16)20-9-10-22-11-13-23(14-12-22)17(24)15-5-4-6-15/h15-16H,1-14H2,(H3,19,20,21). The molecule has 3 N–H and O–H groups in total. The predicted octanol–water partition coefficient (Wildman–Crippen LogP) is 1.17. The highest BCUT2D eigenvalue weighted by atomic mass is 16.2. The first-order chi connectivity index (χ1) is 11.7. The van der Waals surface area contributed by atoms with E-state index in [2.05, 4.69) is 20.1 Å². The third kappa shape index (κ3) is 4.85. The summed E-state index contributed by atoms with van der Waals surface area (Å²) in [6.07, 6.45) is 9.81. The Labute approximate surface area is 145 Å². The van der Waals surface area contributed by atoms with Gasteiger partial charge in [-0.2, -0.15) is 0 Å². The van der Waals surface area contributed by atoms with Gasteiger partial charge in [0.1, 0.15) is 0 Å². The molecule has 0 radical (unpaired) electrons. The fourth-order valence-electron chi connectivity index (χ4n) is 3.92. The van der Waals surface area contributed by atoms with Gasteiger partial charge in [0, 0.05) is 44.7 Å². The van der Waals surface area contributed by atoms with E-state index in [1.807, 2.05) is 0 Å². The Morgan fingerprint density at radius 3 is 2.33 bits per heavy atom. The highest BCUT2D eigenvalue weighted by Gasteiger charge is 2.30. The number of hydrogen-bond acceptors (Lipinski definition) is 3. The van der Waals surface area contributed by atoms with Crippen molar-refractivity contribution in [1.29, 1.82) is 0 Å². The first-order valence-corrected chi connectivity index (χ1v) is 9.80. The maximum absolute atomic E-state index is 12.2. The van der Waals surface area contributed by atoms with Crippen LogP contribution in [-0.2, 0) is 4.79 Å². The smallest absolute Gasteiger partial charge is 0.225 e. The number of rotatable bonds is 5. The van der Waals surface area contributed by atoms with Crippen LogP contribution in [0.4, 0.5) is 0 Å². The Hall–Kier alpha value is -1.30. The Kier molecular flexibility index (Phi) is 6.35. The molecule has 0 atom stereocenters. The molecule has 0 spiro atoms. The average molecular weight is 335 g/mol. The summed E-state index contributed by atoms with van der Waals surface area (Å²) in [5.74, 6) is 1.31. The van der Waals surface area contributed by atoms with Gasteiger partial charge in [0.15, 0.2) is 5.96 Å². The molecule has 6 nitrogen and oxygen atoms in total. The monoisotopic (exact) mass is 335 g/mol. The lowest BCUT2D eigenvalue weighted by Crippen LogP contribution is -2.51. The number of carbonyl (C=O) groups excluding carboxylic acids is 1. The van der Waals surface area contributed by atoms with Crippen LogP contribution in [0.2, 0.25) is 0 Å². The SMILES string of the molecule is NC(=NCCN1CCN(C(=O)C2CCC2)CC1)NC1CCCCC1. The van der Waals surface area contributed by atoms with Crippen molar-refractivity contribution in [2.24, 2.45) is 16.6 Å². The van der Waals surface area contributed by atoms with E-state index < -0.39 is 0 Å². The first-order valence-electron chi connectivity index (χ1n) is 9.80. The number of nitrogens with two attached hydrogens (primary N) is 1. The molecule has 3 aliphatic rings. The number of amides is 1. The average Bonchev–Trinajstić information content (AvgIpc) is 2.55. The summed E-state index contributed by atoms with van der Waals surface area (Å²) in [4.78, 5) is 21.2. The van der Waals surface area contributed by atoms with Gasteiger partial charge >= 0.3 is 0 Å². The third-order valence-electron chi connectivity index (χ3n) is 5.79. The zero-order valence-corrected chi connectivity index (χ0v) is 14.9. The second-order valence-electron chi connectivity index (χ2n) is 7.54. The lowest BCUT2D eigenvalue weighted by Gasteiger charge is -2.38. The van der Waals surface area contributed by atoms with Crippen molar-refractivity contribution in [3.05, 3.63) is 0 Å². The van der Waals surface area contributed by atoms with Crippen LogP contribution < -0.4 is 11.1 Å². The normalized spacial score (nSPS) is 24.7. The molecule has 3 rings (SSSR count). The van der Waals surface area contributed by atoms with Gasteiger partial charge in [-0.15, -0.1) is 0 Å². The molecule has 0 aromatic rings. The van der Waals surface area contributed by atoms with Gasteiger partial charge in [0.25, 0.3) is 0 Å². The minimum Gasteiger partial charge on any atom is -0.370 e. The topological polar surface area (TPSA) is 74.0 Å².